The molecule has 0 bridgehead atoms. The number of nitrogens with zero attached hydrogens (tertiary/aromatic N) is 1. The molecule has 0 amide bonds. The van der Waals surface area contributed by atoms with E-state index in [0.717, 1.165) is 0 Å². The summed E-state index contributed by atoms with van der Waals surface area (Å²) >= 11 is 9.12. The second-order valence-corrected chi connectivity index (χ2v) is 4.31. The van der Waals surface area contributed by atoms with Crippen LogP contribution < -0.4 is 0 Å². The highest BCUT2D eigenvalue weighted by molar-refractivity contribution is 9.10. The van der Waals surface area contributed by atoms with Gasteiger partial charge in [-0.3, -0.25) is 0 Å². The molecule has 1 aromatic carbocycles. The fraction of sp³-hybridized carbons (Fsp3) is 0.100. The maximum absolute atomic E-state index is 13.5. The van der Waals surface area contributed by atoms with Crippen LogP contribution in [-0.2, 0) is 0 Å². The molecule has 0 unspecified atom stereocenters. The molecule has 0 aliphatic heterocycles. The van der Waals surface area contributed by atoms with Crippen LogP contribution in [0.1, 0.15) is 5.69 Å². The van der Waals surface area contributed by atoms with Crippen LogP contribution in [0, 0.1) is 12.7 Å². The van der Waals surface area contributed by atoms with Crippen molar-refractivity contribution in [1.82, 2.24) is 4.98 Å². The highest BCUT2D eigenvalue weighted by Crippen LogP contribution is 2.28. The molecule has 0 aliphatic rings. The van der Waals surface area contributed by atoms with Crippen molar-refractivity contribution in [1.29, 1.82) is 0 Å². The normalized spacial score (nSPS) is 10.9. The monoisotopic (exact) mass is 273 g/mol. The van der Waals surface area contributed by atoms with E-state index in [4.69, 9.17) is 11.6 Å². The fourth-order valence-corrected chi connectivity index (χ4v) is 2.08. The molecular formula is C10H6BrClFN. The first-order valence-electron chi connectivity index (χ1n) is 4.00. The van der Waals surface area contributed by atoms with Gasteiger partial charge in [0.25, 0.3) is 0 Å². The van der Waals surface area contributed by atoms with Gasteiger partial charge in [-0.2, -0.15) is 0 Å². The van der Waals surface area contributed by atoms with Crippen molar-refractivity contribution in [2.45, 2.75) is 6.92 Å². The minimum absolute atomic E-state index is 0.290. The molecule has 72 valence electrons. The summed E-state index contributed by atoms with van der Waals surface area (Å²) < 4.78 is 14.2. The van der Waals surface area contributed by atoms with E-state index < -0.39 is 0 Å². The van der Waals surface area contributed by atoms with E-state index in [9.17, 15) is 4.39 Å². The largest absolute Gasteiger partial charge is 0.241 e. The zero-order valence-electron chi connectivity index (χ0n) is 7.31. The molecular weight excluding hydrogens is 268 g/mol. The van der Waals surface area contributed by atoms with E-state index in [1.807, 2.05) is 0 Å². The molecule has 1 aromatic heterocycles. The zero-order chi connectivity index (χ0) is 10.3. The first-order valence-corrected chi connectivity index (χ1v) is 5.17. The van der Waals surface area contributed by atoms with Gasteiger partial charge in [0.15, 0.2) is 0 Å². The first-order chi connectivity index (χ1) is 6.58. The predicted octanol–water partition coefficient (Wildman–Crippen LogP) is 4.10. The van der Waals surface area contributed by atoms with Gasteiger partial charge in [0.2, 0.25) is 0 Å². The Morgan fingerprint density at radius 2 is 2.00 bits per heavy atom. The summed E-state index contributed by atoms with van der Waals surface area (Å²) in [5, 5.41) is 1.47. The first kappa shape index (κ1) is 9.87. The van der Waals surface area contributed by atoms with Crippen LogP contribution in [0.4, 0.5) is 4.39 Å². The molecule has 1 nitrogen and oxygen atoms in total. The molecule has 4 heteroatoms. The van der Waals surface area contributed by atoms with Gasteiger partial charge in [-0.1, -0.05) is 27.5 Å². The predicted molar refractivity (Wildman–Crippen MR) is 59.1 cm³/mol. The lowest BCUT2D eigenvalue weighted by Gasteiger charge is -2.03. The minimum Gasteiger partial charge on any atom is -0.241 e. The summed E-state index contributed by atoms with van der Waals surface area (Å²) in [6, 6.07) is 4.86. The molecule has 0 aliphatic carbocycles. The number of pyridine rings is 1. The van der Waals surface area contributed by atoms with Crippen LogP contribution in [0.15, 0.2) is 22.7 Å². The summed E-state index contributed by atoms with van der Waals surface area (Å²) in [5.41, 5.74) is 0.712. The van der Waals surface area contributed by atoms with E-state index in [-0.39, 0.29) is 5.82 Å². The molecule has 2 aromatic rings. The fourth-order valence-electron chi connectivity index (χ4n) is 1.36. The van der Waals surface area contributed by atoms with Crippen molar-refractivity contribution < 1.29 is 4.39 Å². The number of aromatic nitrogens is 1. The second kappa shape index (κ2) is 3.48. The molecule has 1 heterocycles. The third-order valence-corrected chi connectivity index (χ3v) is 2.69. The van der Waals surface area contributed by atoms with Gasteiger partial charge in [0.05, 0.1) is 0 Å². The summed E-state index contributed by atoms with van der Waals surface area (Å²) in [6.45, 7) is 1.78. The lowest BCUT2D eigenvalue weighted by Crippen LogP contribution is -1.87. The Bertz CT molecular complexity index is 466. The summed E-state index contributed by atoms with van der Waals surface area (Å²) in [6.07, 6.45) is 0. The van der Waals surface area contributed by atoms with E-state index in [2.05, 4.69) is 20.9 Å². The van der Waals surface area contributed by atoms with Crippen LogP contribution in [-0.4, -0.2) is 4.98 Å². The molecule has 14 heavy (non-hydrogen) atoms. The summed E-state index contributed by atoms with van der Waals surface area (Å²) in [4.78, 5) is 4.06. The Labute approximate surface area is 94.0 Å². The Kier molecular flexibility index (Phi) is 2.45. The molecule has 0 radical (unpaired) electrons. The van der Waals surface area contributed by atoms with E-state index >= 15 is 0 Å². The number of rotatable bonds is 0. The Morgan fingerprint density at radius 1 is 1.29 bits per heavy atom. The van der Waals surface area contributed by atoms with Gasteiger partial charge in [0, 0.05) is 20.9 Å². The van der Waals surface area contributed by atoms with Crippen molar-refractivity contribution in [3.8, 4) is 0 Å². The van der Waals surface area contributed by atoms with E-state index in [1.165, 1.54) is 6.07 Å². The molecule has 0 fully saturated rings. The molecule has 0 atom stereocenters. The van der Waals surface area contributed by atoms with Gasteiger partial charge in [-0.25, -0.2) is 9.37 Å². The number of hydrogen-bond donors (Lipinski definition) is 0. The lowest BCUT2D eigenvalue weighted by atomic mass is 10.1. The van der Waals surface area contributed by atoms with Gasteiger partial charge in [-0.15, -0.1) is 0 Å². The van der Waals surface area contributed by atoms with Crippen molar-refractivity contribution in [2.75, 3.05) is 0 Å². The molecule has 0 N–H and O–H groups in total. The highest BCUT2D eigenvalue weighted by Gasteiger charge is 2.07. The van der Waals surface area contributed by atoms with Gasteiger partial charge in [-0.05, 0) is 25.1 Å². The van der Waals surface area contributed by atoms with Crippen molar-refractivity contribution in [2.24, 2.45) is 0 Å². The SMILES string of the molecule is Cc1cc2c(F)cc(Br)cc2c(Cl)n1. The summed E-state index contributed by atoms with van der Waals surface area (Å²) in [7, 11) is 0. The van der Waals surface area contributed by atoms with Crippen LogP contribution in [0.5, 0.6) is 0 Å². The standard InChI is InChI=1S/C10H6BrClFN/c1-5-2-7-8(10(12)14-5)3-6(11)4-9(7)13/h2-4H,1H3. The third kappa shape index (κ3) is 1.62. The maximum Gasteiger partial charge on any atom is 0.137 e. The minimum atomic E-state index is -0.290. The molecule has 0 spiro atoms. The second-order valence-electron chi connectivity index (χ2n) is 3.04. The van der Waals surface area contributed by atoms with Crippen LogP contribution in [0.25, 0.3) is 10.8 Å². The maximum atomic E-state index is 13.5. The zero-order valence-corrected chi connectivity index (χ0v) is 9.66. The number of fused-ring (bicyclic) bond motifs is 1. The lowest BCUT2D eigenvalue weighted by molar-refractivity contribution is 0.639. The average Bonchev–Trinajstić information content (AvgIpc) is 2.07. The van der Waals surface area contributed by atoms with Crippen molar-refractivity contribution in [3.05, 3.63) is 39.3 Å². The third-order valence-electron chi connectivity index (χ3n) is 1.94. The number of halogens is 3. The van der Waals surface area contributed by atoms with Crippen molar-refractivity contribution in [3.63, 3.8) is 0 Å². The van der Waals surface area contributed by atoms with E-state index in [0.29, 0.717) is 26.1 Å². The average molecular weight is 275 g/mol. The number of hydrogen-bond acceptors (Lipinski definition) is 1. The Balaban J connectivity index is 2.94. The summed E-state index contributed by atoms with van der Waals surface area (Å²) in [5.74, 6) is -0.290. The molecule has 2 rings (SSSR count). The smallest absolute Gasteiger partial charge is 0.137 e. The van der Waals surface area contributed by atoms with Gasteiger partial charge < -0.3 is 0 Å². The van der Waals surface area contributed by atoms with Crippen LogP contribution >= 0.6 is 27.5 Å². The van der Waals surface area contributed by atoms with Crippen LogP contribution in [0.3, 0.4) is 0 Å². The number of benzene rings is 1. The Morgan fingerprint density at radius 3 is 2.71 bits per heavy atom. The molecule has 0 saturated heterocycles. The quantitative estimate of drug-likeness (QED) is 0.659. The van der Waals surface area contributed by atoms with E-state index in [1.54, 1.807) is 19.1 Å². The Hall–Kier alpha value is -0.670. The van der Waals surface area contributed by atoms with Crippen molar-refractivity contribution >= 4 is 38.3 Å². The highest BCUT2D eigenvalue weighted by atomic mass is 79.9. The molecule has 0 saturated carbocycles. The van der Waals surface area contributed by atoms with Gasteiger partial charge >= 0.3 is 0 Å². The topological polar surface area (TPSA) is 12.9 Å². The number of aryl methyl sites for hydroxylation is 1. The van der Waals surface area contributed by atoms with Gasteiger partial charge in [0.1, 0.15) is 11.0 Å². The van der Waals surface area contributed by atoms with Crippen LogP contribution in [0.2, 0.25) is 5.15 Å².